The molecule has 0 atom stereocenters. The highest BCUT2D eigenvalue weighted by Gasteiger charge is 2.55. The molecule has 0 N–H and O–H groups in total. The van der Waals surface area contributed by atoms with Gasteiger partial charge in [-0.15, -0.1) is 0 Å². The predicted molar refractivity (Wildman–Crippen MR) is 42.1 cm³/mol. The maximum absolute atomic E-state index is 11.4. The summed E-state index contributed by atoms with van der Waals surface area (Å²) in [6, 6.07) is 0. The highest BCUT2D eigenvalue weighted by Crippen LogP contribution is 2.48. The van der Waals surface area contributed by atoms with Gasteiger partial charge in [0.1, 0.15) is 6.29 Å². The summed E-state index contributed by atoms with van der Waals surface area (Å²) in [6.45, 7) is 0.205. The summed E-state index contributed by atoms with van der Waals surface area (Å²) in [7, 11) is 1.89. The molecule has 0 aromatic heterocycles. The molecule has 1 saturated carbocycles. The van der Waals surface area contributed by atoms with Crippen molar-refractivity contribution < 1.29 is 9.59 Å². The minimum atomic E-state index is 0.0853. The SMILES string of the molecule is CN1N(CC=O)C(=O)CC12CC2. The van der Waals surface area contributed by atoms with Gasteiger partial charge in [0.25, 0.3) is 0 Å². The Balaban J connectivity index is 2.14. The molecule has 0 aromatic carbocycles. The van der Waals surface area contributed by atoms with E-state index in [1.165, 1.54) is 0 Å². The van der Waals surface area contributed by atoms with Gasteiger partial charge in [0.2, 0.25) is 5.91 Å². The molecule has 1 spiro atoms. The summed E-state index contributed by atoms with van der Waals surface area (Å²) in [6.07, 6.45) is 3.54. The number of hydrazine groups is 1. The van der Waals surface area contributed by atoms with Crippen LogP contribution >= 0.6 is 0 Å². The monoisotopic (exact) mass is 168 g/mol. The second-order valence-electron chi connectivity index (χ2n) is 3.57. The van der Waals surface area contributed by atoms with E-state index in [4.69, 9.17) is 0 Å². The number of carbonyl (C=O) groups is 2. The van der Waals surface area contributed by atoms with Crippen molar-refractivity contribution in [1.82, 2.24) is 10.0 Å². The Labute approximate surface area is 71.1 Å². The third-order valence-corrected chi connectivity index (χ3v) is 2.89. The standard InChI is InChI=1S/C8H12N2O2/c1-9-8(2-3-8)6-7(12)10(9)4-5-11/h5H,2-4,6H2,1H3. The molecular weight excluding hydrogens is 156 g/mol. The number of rotatable bonds is 2. The molecule has 12 heavy (non-hydrogen) atoms. The minimum absolute atomic E-state index is 0.0853. The van der Waals surface area contributed by atoms with Gasteiger partial charge in [-0.1, -0.05) is 0 Å². The Morgan fingerprint density at radius 2 is 2.25 bits per heavy atom. The average Bonchev–Trinajstić information content (AvgIpc) is 2.75. The van der Waals surface area contributed by atoms with Crippen LogP contribution in [0.3, 0.4) is 0 Å². The maximum Gasteiger partial charge on any atom is 0.239 e. The molecule has 0 radical (unpaired) electrons. The number of carbonyl (C=O) groups excluding carboxylic acids is 2. The van der Waals surface area contributed by atoms with E-state index in [1.807, 2.05) is 12.1 Å². The molecule has 1 amide bonds. The van der Waals surface area contributed by atoms with Crippen LogP contribution in [0.15, 0.2) is 0 Å². The van der Waals surface area contributed by atoms with E-state index in [-0.39, 0.29) is 18.0 Å². The molecule has 2 rings (SSSR count). The Bertz CT molecular complexity index is 235. The van der Waals surface area contributed by atoms with Crippen molar-refractivity contribution in [2.45, 2.75) is 24.8 Å². The van der Waals surface area contributed by atoms with Crippen LogP contribution in [-0.2, 0) is 9.59 Å². The molecule has 4 heteroatoms. The summed E-state index contributed by atoms with van der Waals surface area (Å²) in [4.78, 5) is 21.6. The molecule has 1 aliphatic heterocycles. The Hall–Kier alpha value is -0.900. The molecule has 4 nitrogen and oxygen atoms in total. The lowest BCUT2D eigenvalue weighted by molar-refractivity contribution is -0.139. The molecule has 66 valence electrons. The molecule has 0 bridgehead atoms. The smallest absolute Gasteiger partial charge is 0.239 e. The highest BCUT2D eigenvalue weighted by atomic mass is 16.2. The molecule has 2 aliphatic rings. The zero-order valence-corrected chi connectivity index (χ0v) is 7.12. The first-order valence-corrected chi connectivity index (χ1v) is 4.17. The molecule has 1 aliphatic carbocycles. The van der Waals surface area contributed by atoms with Crippen molar-refractivity contribution in [3.63, 3.8) is 0 Å². The number of hydrogen-bond acceptors (Lipinski definition) is 3. The van der Waals surface area contributed by atoms with E-state index in [0.29, 0.717) is 6.42 Å². The van der Waals surface area contributed by atoms with Crippen molar-refractivity contribution >= 4 is 12.2 Å². The third kappa shape index (κ3) is 0.876. The molecular formula is C8H12N2O2. The highest BCUT2D eigenvalue weighted by molar-refractivity contribution is 5.82. The Kier molecular flexibility index (Phi) is 1.48. The van der Waals surface area contributed by atoms with Gasteiger partial charge in [-0.05, 0) is 12.8 Å². The zero-order chi connectivity index (χ0) is 8.77. The molecule has 0 unspecified atom stereocenters. The van der Waals surface area contributed by atoms with Crippen LogP contribution in [0.5, 0.6) is 0 Å². The lowest BCUT2D eigenvalue weighted by atomic mass is 10.2. The quantitative estimate of drug-likeness (QED) is 0.536. The first-order valence-electron chi connectivity index (χ1n) is 4.17. The average molecular weight is 168 g/mol. The molecule has 2 fully saturated rings. The zero-order valence-electron chi connectivity index (χ0n) is 7.12. The van der Waals surface area contributed by atoms with Crippen molar-refractivity contribution in [3.05, 3.63) is 0 Å². The summed E-state index contributed by atoms with van der Waals surface area (Å²) in [5.74, 6) is 0.0853. The van der Waals surface area contributed by atoms with Crippen LogP contribution in [0, 0.1) is 0 Å². The first kappa shape index (κ1) is 7.73. The summed E-state index contributed by atoms with van der Waals surface area (Å²) >= 11 is 0. The maximum atomic E-state index is 11.4. The van der Waals surface area contributed by atoms with Crippen LogP contribution in [0.25, 0.3) is 0 Å². The van der Waals surface area contributed by atoms with E-state index < -0.39 is 0 Å². The number of amides is 1. The van der Waals surface area contributed by atoms with E-state index in [0.717, 1.165) is 19.1 Å². The number of aldehydes is 1. The Morgan fingerprint density at radius 3 is 2.67 bits per heavy atom. The third-order valence-electron chi connectivity index (χ3n) is 2.89. The topological polar surface area (TPSA) is 40.6 Å². The molecule has 1 saturated heterocycles. The van der Waals surface area contributed by atoms with Gasteiger partial charge in [0.05, 0.1) is 6.54 Å². The van der Waals surface area contributed by atoms with E-state index in [9.17, 15) is 9.59 Å². The summed E-state index contributed by atoms with van der Waals surface area (Å²) < 4.78 is 0. The van der Waals surface area contributed by atoms with Crippen LogP contribution in [-0.4, -0.2) is 41.3 Å². The van der Waals surface area contributed by atoms with Crippen molar-refractivity contribution in [1.29, 1.82) is 0 Å². The minimum Gasteiger partial charge on any atom is -0.301 e. The first-order chi connectivity index (χ1) is 5.69. The van der Waals surface area contributed by atoms with Gasteiger partial charge < -0.3 is 4.79 Å². The van der Waals surface area contributed by atoms with E-state index >= 15 is 0 Å². The second-order valence-corrected chi connectivity index (χ2v) is 3.57. The Morgan fingerprint density at radius 1 is 1.58 bits per heavy atom. The van der Waals surface area contributed by atoms with Crippen molar-refractivity contribution in [2.24, 2.45) is 0 Å². The summed E-state index contributed by atoms with van der Waals surface area (Å²) in [5, 5.41) is 3.48. The fraction of sp³-hybridized carbons (Fsp3) is 0.750. The fourth-order valence-electron chi connectivity index (χ4n) is 1.85. The van der Waals surface area contributed by atoms with Crippen molar-refractivity contribution in [3.8, 4) is 0 Å². The number of nitrogens with zero attached hydrogens (tertiary/aromatic N) is 2. The van der Waals surface area contributed by atoms with E-state index in [1.54, 1.807) is 5.01 Å². The van der Waals surface area contributed by atoms with E-state index in [2.05, 4.69) is 0 Å². The van der Waals surface area contributed by atoms with Crippen LogP contribution in [0.1, 0.15) is 19.3 Å². The lowest BCUT2D eigenvalue weighted by Crippen LogP contribution is -2.41. The largest absolute Gasteiger partial charge is 0.301 e. The summed E-state index contributed by atoms with van der Waals surface area (Å²) in [5.41, 5.74) is 0.0973. The molecule has 0 aromatic rings. The number of hydrogen-bond donors (Lipinski definition) is 0. The van der Waals surface area contributed by atoms with Gasteiger partial charge in [0, 0.05) is 19.0 Å². The van der Waals surface area contributed by atoms with Gasteiger partial charge in [-0.3, -0.25) is 9.80 Å². The fourth-order valence-corrected chi connectivity index (χ4v) is 1.85. The lowest BCUT2D eigenvalue weighted by Gasteiger charge is -2.26. The normalized spacial score (nSPS) is 26.8. The molecule has 1 heterocycles. The van der Waals surface area contributed by atoms with Crippen LogP contribution < -0.4 is 0 Å². The second kappa shape index (κ2) is 2.29. The van der Waals surface area contributed by atoms with Crippen LogP contribution in [0.4, 0.5) is 0 Å². The van der Waals surface area contributed by atoms with Gasteiger partial charge in [-0.25, -0.2) is 5.01 Å². The van der Waals surface area contributed by atoms with Crippen LogP contribution in [0.2, 0.25) is 0 Å². The van der Waals surface area contributed by atoms with Gasteiger partial charge in [-0.2, -0.15) is 0 Å². The predicted octanol–water partition coefficient (Wildman–Crippen LogP) is -0.203. The van der Waals surface area contributed by atoms with Gasteiger partial charge in [0.15, 0.2) is 0 Å². The van der Waals surface area contributed by atoms with Crippen molar-refractivity contribution in [2.75, 3.05) is 13.6 Å². The van der Waals surface area contributed by atoms with Gasteiger partial charge >= 0.3 is 0 Å².